The van der Waals surface area contributed by atoms with Gasteiger partial charge in [-0.05, 0) is 6.92 Å². The fraction of sp³-hybridized carbons (Fsp3) is 0.500. The smallest absolute Gasteiger partial charge is 0.137 e. The molecule has 0 aromatic carbocycles. The molecule has 108 valence electrons. The number of nitrogens with zero attached hydrogens (tertiary/aromatic N) is 4. The number of hydrogen-bond donors (Lipinski definition) is 1. The minimum atomic E-state index is -0.133. The molecule has 1 N–H and O–H groups in total. The van der Waals surface area contributed by atoms with Crippen LogP contribution in [-0.4, -0.2) is 19.7 Å². The highest BCUT2D eigenvalue weighted by molar-refractivity contribution is 6.29. The molecule has 5 nitrogen and oxygen atoms in total. The number of aryl methyl sites for hydroxylation is 2. The van der Waals surface area contributed by atoms with Gasteiger partial charge in [0.15, 0.2) is 0 Å². The molecule has 0 saturated heterocycles. The number of halogens is 1. The molecule has 0 amide bonds. The van der Waals surface area contributed by atoms with Crippen LogP contribution in [0.5, 0.6) is 0 Å². The maximum absolute atomic E-state index is 6.07. The SMILES string of the molecule is Cc1nn(C)cc1CNc1cc(Cl)nc(C(C)(C)C)n1. The summed E-state index contributed by atoms with van der Waals surface area (Å²) in [6.45, 7) is 8.84. The van der Waals surface area contributed by atoms with Crippen LogP contribution in [0.3, 0.4) is 0 Å². The number of nitrogens with one attached hydrogen (secondary N) is 1. The first-order chi connectivity index (χ1) is 9.25. The van der Waals surface area contributed by atoms with Crippen molar-refractivity contribution in [1.29, 1.82) is 0 Å². The number of aromatic nitrogens is 4. The van der Waals surface area contributed by atoms with Gasteiger partial charge in [-0.3, -0.25) is 4.68 Å². The van der Waals surface area contributed by atoms with Gasteiger partial charge in [0, 0.05) is 36.8 Å². The van der Waals surface area contributed by atoms with Crippen molar-refractivity contribution in [3.05, 3.63) is 34.5 Å². The molecule has 2 heterocycles. The van der Waals surface area contributed by atoms with Gasteiger partial charge in [-0.25, -0.2) is 9.97 Å². The lowest BCUT2D eigenvalue weighted by Crippen LogP contribution is -2.17. The first-order valence-electron chi connectivity index (χ1n) is 6.54. The van der Waals surface area contributed by atoms with Crippen LogP contribution >= 0.6 is 11.6 Å². The van der Waals surface area contributed by atoms with Crippen molar-refractivity contribution in [2.24, 2.45) is 7.05 Å². The summed E-state index contributed by atoms with van der Waals surface area (Å²) in [5.41, 5.74) is 2.02. The lowest BCUT2D eigenvalue weighted by atomic mass is 9.96. The van der Waals surface area contributed by atoms with Gasteiger partial charge in [-0.15, -0.1) is 0 Å². The third-order valence-electron chi connectivity index (χ3n) is 2.94. The molecule has 0 radical (unpaired) electrons. The van der Waals surface area contributed by atoms with E-state index >= 15 is 0 Å². The van der Waals surface area contributed by atoms with Crippen LogP contribution in [0, 0.1) is 6.92 Å². The van der Waals surface area contributed by atoms with Gasteiger partial charge in [0.25, 0.3) is 0 Å². The van der Waals surface area contributed by atoms with Gasteiger partial charge >= 0.3 is 0 Å². The predicted octanol–water partition coefficient (Wildman–Crippen LogP) is 3.08. The average molecular weight is 294 g/mol. The Kier molecular flexibility index (Phi) is 3.99. The van der Waals surface area contributed by atoms with E-state index in [1.165, 1.54) is 0 Å². The minimum Gasteiger partial charge on any atom is -0.366 e. The highest BCUT2D eigenvalue weighted by Gasteiger charge is 2.18. The van der Waals surface area contributed by atoms with E-state index in [1.54, 1.807) is 10.7 Å². The summed E-state index contributed by atoms with van der Waals surface area (Å²) in [5, 5.41) is 8.05. The zero-order valence-corrected chi connectivity index (χ0v) is 13.3. The van der Waals surface area contributed by atoms with Crippen molar-refractivity contribution in [2.75, 3.05) is 5.32 Å². The van der Waals surface area contributed by atoms with Gasteiger partial charge in [-0.1, -0.05) is 32.4 Å². The average Bonchev–Trinajstić information content (AvgIpc) is 2.63. The van der Waals surface area contributed by atoms with Gasteiger partial charge in [0.1, 0.15) is 16.8 Å². The summed E-state index contributed by atoms with van der Waals surface area (Å²) < 4.78 is 1.81. The van der Waals surface area contributed by atoms with E-state index in [4.69, 9.17) is 11.6 Å². The van der Waals surface area contributed by atoms with Gasteiger partial charge in [-0.2, -0.15) is 5.10 Å². The largest absolute Gasteiger partial charge is 0.366 e. The van der Waals surface area contributed by atoms with Gasteiger partial charge < -0.3 is 5.32 Å². The Bertz CT molecular complexity index is 613. The predicted molar refractivity (Wildman–Crippen MR) is 81.0 cm³/mol. The Morgan fingerprint density at radius 1 is 1.30 bits per heavy atom. The second-order valence-corrected chi connectivity index (χ2v) is 6.30. The fourth-order valence-corrected chi connectivity index (χ4v) is 2.03. The molecule has 20 heavy (non-hydrogen) atoms. The Morgan fingerprint density at radius 3 is 2.55 bits per heavy atom. The molecule has 0 aliphatic rings. The fourth-order valence-electron chi connectivity index (χ4n) is 1.85. The molecule has 0 bridgehead atoms. The van der Waals surface area contributed by atoms with Crippen LogP contribution in [-0.2, 0) is 19.0 Å². The molecule has 2 rings (SSSR count). The van der Waals surface area contributed by atoms with E-state index in [2.05, 4.69) is 41.2 Å². The Morgan fingerprint density at radius 2 is 2.00 bits per heavy atom. The zero-order chi connectivity index (χ0) is 14.9. The summed E-state index contributed by atoms with van der Waals surface area (Å²) in [5.74, 6) is 1.47. The Hall–Kier alpha value is -1.62. The molecule has 0 atom stereocenters. The molecular formula is C14H20ClN5. The van der Waals surface area contributed by atoms with E-state index in [-0.39, 0.29) is 5.41 Å². The van der Waals surface area contributed by atoms with E-state index in [0.29, 0.717) is 11.7 Å². The molecule has 0 saturated carbocycles. The molecule has 0 unspecified atom stereocenters. The zero-order valence-electron chi connectivity index (χ0n) is 12.5. The summed E-state index contributed by atoms with van der Waals surface area (Å²) >= 11 is 6.07. The molecule has 0 aliphatic heterocycles. The van der Waals surface area contributed by atoms with Crippen molar-refractivity contribution >= 4 is 17.4 Å². The minimum absolute atomic E-state index is 0.133. The van der Waals surface area contributed by atoms with E-state index in [1.807, 2.05) is 20.2 Å². The molecule has 2 aromatic heterocycles. The van der Waals surface area contributed by atoms with Crippen LogP contribution < -0.4 is 5.32 Å². The van der Waals surface area contributed by atoms with Crippen LogP contribution in [0.4, 0.5) is 5.82 Å². The van der Waals surface area contributed by atoms with Crippen LogP contribution in [0.1, 0.15) is 37.9 Å². The summed E-state index contributed by atoms with van der Waals surface area (Å²) in [6, 6.07) is 1.74. The lowest BCUT2D eigenvalue weighted by molar-refractivity contribution is 0.546. The standard InChI is InChI=1S/C14H20ClN5/c1-9-10(8-20(5)19-9)7-16-12-6-11(15)17-13(18-12)14(2,3)4/h6,8H,7H2,1-5H3,(H,16,17,18). The first-order valence-corrected chi connectivity index (χ1v) is 6.91. The topological polar surface area (TPSA) is 55.6 Å². The van der Waals surface area contributed by atoms with E-state index in [9.17, 15) is 0 Å². The van der Waals surface area contributed by atoms with Gasteiger partial charge in [0.2, 0.25) is 0 Å². The van der Waals surface area contributed by atoms with E-state index in [0.717, 1.165) is 22.9 Å². The normalized spacial score (nSPS) is 11.7. The van der Waals surface area contributed by atoms with Crippen LogP contribution in [0.2, 0.25) is 5.15 Å². The third kappa shape index (κ3) is 3.48. The Balaban J connectivity index is 2.18. The number of hydrogen-bond acceptors (Lipinski definition) is 4. The molecule has 0 spiro atoms. The maximum Gasteiger partial charge on any atom is 0.137 e. The van der Waals surface area contributed by atoms with Crippen molar-refractivity contribution in [2.45, 2.75) is 39.7 Å². The summed E-state index contributed by atoms with van der Waals surface area (Å²) in [6.07, 6.45) is 2.00. The summed E-state index contributed by atoms with van der Waals surface area (Å²) in [4.78, 5) is 8.80. The number of anilines is 1. The van der Waals surface area contributed by atoms with Crippen molar-refractivity contribution in [1.82, 2.24) is 19.7 Å². The Labute approximate surface area is 124 Å². The monoisotopic (exact) mass is 293 g/mol. The highest BCUT2D eigenvalue weighted by Crippen LogP contribution is 2.22. The van der Waals surface area contributed by atoms with E-state index < -0.39 is 0 Å². The molecule has 2 aromatic rings. The van der Waals surface area contributed by atoms with Crippen LogP contribution in [0.15, 0.2) is 12.3 Å². The quantitative estimate of drug-likeness (QED) is 0.884. The van der Waals surface area contributed by atoms with Crippen LogP contribution in [0.25, 0.3) is 0 Å². The second kappa shape index (κ2) is 5.40. The maximum atomic E-state index is 6.07. The number of rotatable bonds is 3. The van der Waals surface area contributed by atoms with Crippen molar-refractivity contribution in [3.8, 4) is 0 Å². The van der Waals surface area contributed by atoms with Gasteiger partial charge in [0.05, 0.1) is 5.69 Å². The molecule has 0 aliphatic carbocycles. The van der Waals surface area contributed by atoms with Crippen molar-refractivity contribution in [3.63, 3.8) is 0 Å². The molecular weight excluding hydrogens is 274 g/mol. The summed E-state index contributed by atoms with van der Waals surface area (Å²) in [7, 11) is 1.91. The highest BCUT2D eigenvalue weighted by atomic mass is 35.5. The van der Waals surface area contributed by atoms with Crippen molar-refractivity contribution < 1.29 is 0 Å². The lowest BCUT2D eigenvalue weighted by Gasteiger charge is -2.17. The third-order valence-corrected chi connectivity index (χ3v) is 3.13. The first kappa shape index (κ1) is 14.8. The molecule has 0 fully saturated rings. The molecule has 6 heteroatoms. The second-order valence-electron chi connectivity index (χ2n) is 5.92.